The standard InChI is InChI=1S/3C7H4F3.Bi.2ClH/c3*8-7(9,10)6-4-2-1-3-5-6;;;/h3*1-2,4-5H;;2*1H/q;;;+2;;/p-2. The summed E-state index contributed by atoms with van der Waals surface area (Å²) in [5, 5.41) is 0. The predicted molar refractivity (Wildman–Crippen MR) is 111 cm³/mol. The second-order valence-electron chi connectivity index (χ2n) is 7.05. The van der Waals surface area contributed by atoms with Crippen LogP contribution < -0.4 is 9.81 Å². The summed E-state index contributed by atoms with van der Waals surface area (Å²) in [5.41, 5.74) is -3.58. The van der Waals surface area contributed by atoms with Gasteiger partial charge in [0, 0.05) is 0 Å². The maximum atomic E-state index is 13.4. The Hall–Kier alpha value is -1.51. The maximum absolute atomic E-state index is 13.4. The van der Waals surface area contributed by atoms with Gasteiger partial charge in [-0.25, -0.2) is 0 Å². The Kier molecular flexibility index (Phi) is 6.57. The van der Waals surface area contributed by atoms with Crippen molar-refractivity contribution in [1.29, 1.82) is 0 Å². The summed E-state index contributed by atoms with van der Waals surface area (Å²) in [5.74, 6) is 0. The van der Waals surface area contributed by atoms with Crippen LogP contribution >= 0.6 is 17.0 Å². The Balaban J connectivity index is 2.43. The van der Waals surface area contributed by atoms with Gasteiger partial charge in [-0.1, -0.05) is 0 Å². The van der Waals surface area contributed by atoms with Crippen LogP contribution in [0.4, 0.5) is 39.5 Å². The van der Waals surface area contributed by atoms with Crippen LogP contribution in [0.15, 0.2) is 72.8 Å². The number of alkyl halides is 9. The van der Waals surface area contributed by atoms with Gasteiger partial charge in [-0.05, 0) is 0 Å². The van der Waals surface area contributed by atoms with Crippen molar-refractivity contribution >= 4 is 43.2 Å². The molecular formula is C21H12BiCl2F9. The molecule has 0 aliphatic heterocycles. The first-order chi connectivity index (χ1) is 14.9. The number of rotatable bonds is 3. The molecule has 3 rings (SSSR count). The van der Waals surface area contributed by atoms with Crippen molar-refractivity contribution in [2.75, 3.05) is 0 Å². The fourth-order valence-electron chi connectivity index (χ4n) is 3.23. The molecule has 3 aromatic rings. The van der Waals surface area contributed by atoms with Crippen LogP contribution in [0, 0.1) is 0 Å². The average molecular weight is 715 g/mol. The van der Waals surface area contributed by atoms with Gasteiger partial charge in [0.15, 0.2) is 0 Å². The van der Waals surface area contributed by atoms with E-state index in [-0.39, 0.29) is 9.81 Å². The molecule has 0 saturated carbocycles. The molecule has 0 atom stereocenters. The van der Waals surface area contributed by atoms with Gasteiger partial charge in [0.25, 0.3) is 0 Å². The van der Waals surface area contributed by atoms with Gasteiger partial charge in [0.2, 0.25) is 0 Å². The van der Waals surface area contributed by atoms with E-state index >= 15 is 0 Å². The molecule has 0 bridgehead atoms. The molecule has 178 valence electrons. The van der Waals surface area contributed by atoms with Crippen molar-refractivity contribution in [3.8, 4) is 0 Å². The molecule has 0 spiro atoms. The van der Waals surface area contributed by atoms with E-state index in [1.54, 1.807) is 0 Å². The minimum atomic E-state index is -6.54. The number of hydrogen-bond donors (Lipinski definition) is 0. The molecule has 0 radical (unpaired) electrons. The minimum absolute atomic E-state index is 0.377. The number of hydrogen-bond acceptors (Lipinski definition) is 0. The number of halogens is 11. The number of benzene rings is 3. The molecule has 0 fully saturated rings. The fourth-order valence-corrected chi connectivity index (χ4v) is 20.6. The molecule has 0 nitrogen and oxygen atoms in total. The Morgan fingerprint density at radius 2 is 0.697 bits per heavy atom. The van der Waals surface area contributed by atoms with Gasteiger partial charge in [0.05, 0.1) is 0 Å². The quantitative estimate of drug-likeness (QED) is 0.211. The van der Waals surface area contributed by atoms with E-state index in [2.05, 4.69) is 0 Å². The molecule has 0 aromatic heterocycles. The first kappa shape index (κ1) is 26.1. The summed E-state index contributed by atoms with van der Waals surface area (Å²) in [7, 11) is 13.8. The summed E-state index contributed by atoms with van der Waals surface area (Å²) >= 11 is -6.54. The molecular weight excluding hydrogens is 703 g/mol. The molecule has 0 heterocycles. The molecule has 0 unspecified atom stereocenters. The van der Waals surface area contributed by atoms with E-state index < -0.39 is 51.6 Å². The average Bonchev–Trinajstić information content (AvgIpc) is 2.72. The zero-order chi connectivity index (χ0) is 24.9. The van der Waals surface area contributed by atoms with Crippen LogP contribution in [0.5, 0.6) is 0 Å². The zero-order valence-electron chi connectivity index (χ0n) is 16.0. The molecule has 33 heavy (non-hydrogen) atoms. The molecule has 0 aliphatic carbocycles. The van der Waals surface area contributed by atoms with Crippen LogP contribution in [0.3, 0.4) is 0 Å². The Morgan fingerprint density at radius 1 is 0.455 bits per heavy atom. The van der Waals surface area contributed by atoms with E-state index in [0.717, 1.165) is 36.4 Å². The molecule has 12 heteroatoms. The normalized spacial score (nSPS) is 14.6. The van der Waals surface area contributed by atoms with E-state index in [1.807, 2.05) is 0 Å². The Morgan fingerprint density at radius 3 is 0.909 bits per heavy atom. The third-order valence-corrected chi connectivity index (χ3v) is 29.0. The van der Waals surface area contributed by atoms with Crippen LogP contribution in [0.2, 0.25) is 0 Å². The Labute approximate surface area is 190 Å². The van der Waals surface area contributed by atoms with Crippen molar-refractivity contribution in [3.63, 3.8) is 0 Å². The van der Waals surface area contributed by atoms with E-state index in [4.69, 9.17) is 17.0 Å². The van der Waals surface area contributed by atoms with Crippen molar-refractivity contribution in [1.82, 2.24) is 0 Å². The molecule has 0 saturated heterocycles. The summed E-state index contributed by atoms with van der Waals surface area (Å²) < 4.78 is 119. The predicted octanol–water partition coefficient (Wildman–Crippen LogP) is 6.64. The van der Waals surface area contributed by atoms with Crippen molar-refractivity contribution in [3.05, 3.63) is 89.5 Å². The van der Waals surface area contributed by atoms with E-state index in [1.165, 1.54) is 0 Å². The molecule has 3 aromatic carbocycles. The first-order valence-corrected chi connectivity index (χ1v) is 22.7. The van der Waals surface area contributed by atoms with Gasteiger partial charge in [-0.2, -0.15) is 0 Å². The van der Waals surface area contributed by atoms with Gasteiger partial charge >= 0.3 is 191 Å². The van der Waals surface area contributed by atoms with E-state index in [0.29, 0.717) is 36.4 Å². The van der Waals surface area contributed by atoms with Crippen LogP contribution in [0.1, 0.15) is 16.7 Å². The SMILES string of the molecule is FC(F)(F)c1ccc[c]([Bi]([Cl])([Cl])([c]2cccc(C(F)(F)F)c2)[c]2cccc(C(F)(F)F)c2)c1. The van der Waals surface area contributed by atoms with Crippen molar-refractivity contribution in [2.24, 2.45) is 0 Å². The summed E-state index contributed by atoms with van der Waals surface area (Å²) in [6.45, 7) is 0. The fraction of sp³-hybridized carbons (Fsp3) is 0.143. The van der Waals surface area contributed by atoms with Gasteiger partial charge in [-0.15, -0.1) is 0 Å². The van der Waals surface area contributed by atoms with E-state index in [9.17, 15) is 39.5 Å². The molecule has 0 N–H and O–H groups in total. The van der Waals surface area contributed by atoms with Gasteiger partial charge in [-0.3, -0.25) is 0 Å². The van der Waals surface area contributed by atoms with Crippen molar-refractivity contribution in [2.45, 2.75) is 18.5 Å². The summed E-state index contributed by atoms with van der Waals surface area (Å²) in [4.78, 5) is 0. The van der Waals surface area contributed by atoms with Crippen LogP contribution in [-0.4, -0.2) is 16.4 Å². The molecule has 0 aliphatic rings. The van der Waals surface area contributed by atoms with Gasteiger partial charge < -0.3 is 0 Å². The summed E-state index contributed by atoms with van der Waals surface area (Å²) in [6.07, 6.45) is -14.6. The second-order valence-corrected chi connectivity index (χ2v) is 33.5. The first-order valence-electron chi connectivity index (χ1n) is 8.92. The second kappa shape index (κ2) is 8.31. The van der Waals surface area contributed by atoms with Crippen LogP contribution in [0.25, 0.3) is 0 Å². The van der Waals surface area contributed by atoms with Crippen LogP contribution in [-0.2, 0) is 18.5 Å². The Bertz CT molecular complexity index is 1030. The monoisotopic (exact) mass is 714 g/mol. The molecule has 0 amide bonds. The zero-order valence-corrected chi connectivity index (χ0v) is 21.0. The topological polar surface area (TPSA) is 0 Å². The third kappa shape index (κ3) is 4.98. The third-order valence-electron chi connectivity index (χ3n) is 4.88. The van der Waals surface area contributed by atoms with Crippen molar-refractivity contribution < 1.29 is 39.5 Å². The summed E-state index contributed by atoms with van der Waals surface area (Å²) in [6, 6.07) is 9.96. The van der Waals surface area contributed by atoms with Gasteiger partial charge in [0.1, 0.15) is 0 Å².